The van der Waals surface area contributed by atoms with Gasteiger partial charge in [-0.3, -0.25) is 0 Å². The normalized spacial score (nSPS) is 7.92. The Labute approximate surface area is 172 Å². The van der Waals surface area contributed by atoms with E-state index in [9.17, 15) is 0 Å². The average molecular weight is 345 g/mol. The summed E-state index contributed by atoms with van der Waals surface area (Å²) in [5.41, 5.74) is 4.42. The summed E-state index contributed by atoms with van der Waals surface area (Å²) < 4.78 is 0. The van der Waals surface area contributed by atoms with Crippen LogP contribution in [-0.2, 0) is 12.3 Å². The van der Waals surface area contributed by atoms with Crippen LogP contribution < -0.4 is 29.6 Å². The molecule has 0 spiro atoms. The number of benzene rings is 2. The summed E-state index contributed by atoms with van der Waals surface area (Å²) in [5.74, 6) is 0.581. The van der Waals surface area contributed by atoms with E-state index < -0.39 is 0 Å². The summed E-state index contributed by atoms with van der Waals surface area (Å²) in [7, 11) is 0. The van der Waals surface area contributed by atoms with Crippen LogP contribution in [-0.4, -0.2) is 0 Å². The first-order valence-corrected chi connectivity index (χ1v) is 7.35. The van der Waals surface area contributed by atoms with E-state index >= 15 is 0 Å². The van der Waals surface area contributed by atoms with Gasteiger partial charge in [-0.05, 0) is 22.3 Å². The predicted octanol–water partition coefficient (Wildman–Crippen LogP) is 2.56. The zero-order valence-electron chi connectivity index (χ0n) is 13.9. The van der Waals surface area contributed by atoms with Crippen molar-refractivity contribution in [1.82, 2.24) is 0 Å². The number of rotatable bonds is 4. The zero-order valence-corrected chi connectivity index (χ0v) is 16.6. The van der Waals surface area contributed by atoms with Crippen molar-refractivity contribution in [2.45, 2.75) is 12.3 Å². The maximum atomic E-state index is 8.38. The third kappa shape index (κ3) is 10.1. The van der Waals surface area contributed by atoms with Crippen molar-refractivity contribution in [1.29, 1.82) is 10.5 Å². The Morgan fingerprint density at radius 3 is 1.54 bits per heavy atom. The molecule has 0 fully saturated rings. The Kier molecular flexibility index (Phi) is 16.4. The maximum absolute atomic E-state index is 8.38. The molecule has 4 heteroatoms. The van der Waals surface area contributed by atoms with Crippen molar-refractivity contribution in [2.24, 2.45) is 0 Å². The minimum absolute atomic E-state index is 0. The van der Waals surface area contributed by atoms with Gasteiger partial charge in [-0.15, -0.1) is 11.6 Å². The minimum atomic E-state index is 0. The van der Waals surface area contributed by atoms with Crippen LogP contribution >= 0.6 is 11.6 Å². The summed E-state index contributed by atoms with van der Waals surface area (Å²) in [6.07, 6.45) is 4.09. The molecule has 2 aromatic rings. The van der Waals surface area contributed by atoms with Crippen molar-refractivity contribution < 1.29 is 29.6 Å². The fraction of sp³-hybridized carbons (Fsp3) is 0.100. The van der Waals surface area contributed by atoms with E-state index in [0.29, 0.717) is 12.3 Å². The summed E-state index contributed by atoms with van der Waals surface area (Å²) in [4.78, 5) is 0. The van der Waals surface area contributed by atoms with Gasteiger partial charge in [0.25, 0.3) is 0 Å². The molecule has 0 aliphatic carbocycles. The van der Waals surface area contributed by atoms with Crippen LogP contribution in [0.15, 0.2) is 61.7 Å². The first-order chi connectivity index (χ1) is 11.2. The van der Waals surface area contributed by atoms with Crippen LogP contribution in [0.5, 0.6) is 0 Å². The molecule has 24 heavy (non-hydrogen) atoms. The van der Waals surface area contributed by atoms with Crippen LogP contribution in [0.4, 0.5) is 0 Å². The van der Waals surface area contributed by atoms with Gasteiger partial charge in [-0.1, -0.05) is 73.8 Å². The summed E-state index contributed by atoms with van der Waals surface area (Å²) in [5, 5.41) is 14.6. The summed E-state index contributed by atoms with van der Waals surface area (Å²) in [6.45, 7) is 12.0. The molecule has 0 aromatic heterocycles. The predicted molar refractivity (Wildman–Crippen MR) is 96.9 cm³/mol. The van der Waals surface area contributed by atoms with E-state index in [2.05, 4.69) is 19.2 Å². The van der Waals surface area contributed by atoms with E-state index in [1.807, 2.05) is 54.6 Å². The van der Waals surface area contributed by atoms with E-state index in [1.165, 1.54) is 0 Å². The summed E-state index contributed by atoms with van der Waals surface area (Å²) >= 11 is 5.60. The van der Waals surface area contributed by atoms with Crippen molar-refractivity contribution in [3.8, 4) is 6.07 Å². The van der Waals surface area contributed by atoms with Gasteiger partial charge in [0, 0.05) is 5.88 Å². The Morgan fingerprint density at radius 1 is 0.875 bits per heavy atom. The number of halogens is 1. The molecule has 0 heterocycles. The molecule has 0 saturated carbocycles. The van der Waals surface area contributed by atoms with Gasteiger partial charge in [0.1, 0.15) is 0 Å². The van der Waals surface area contributed by atoms with Gasteiger partial charge in [0.15, 0.2) is 0 Å². The number of hydrogen-bond donors (Lipinski definition) is 0. The summed E-state index contributed by atoms with van der Waals surface area (Å²) in [6, 6.07) is 17.9. The molecule has 0 aliphatic rings. The maximum Gasteiger partial charge on any atom is 1.00 e. The third-order valence-electron chi connectivity index (χ3n) is 2.87. The molecule has 2 nitrogen and oxygen atoms in total. The van der Waals surface area contributed by atoms with Crippen molar-refractivity contribution in [2.75, 3.05) is 0 Å². The molecule has 0 bridgehead atoms. The van der Waals surface area contributed by atoms with Gasteiger partial charge in [-0.2, -0.15) is 5.26 Å². The second-order valence-corrected chi connectivity index (χ2v) is 4.63. The van der Waals surface area contributed by atoms with Crippen molar-refractivity contribution in [3.63, 3.8) is 0 Å². The molecule has 116 valence electrons. The van der Waals surface area contributed by atoms with Crippen molar-refractivity contribution in [3.05, 3.63) is 90.5 Å². The Morgan fingerprint density at radius 2 is 1.25 bits per heavy atom. The molecule has 0 atom stereocenters. The molecule has 0 saturated heterocycles. The second-order valence-electron chi connectivity index (χ2n) is 4.36. The van der Waals surface area contributed by atoms with Crippen LogP contribution in [0.25, 0.3) is 12.2 Å². The number of hydrogen-bond acceptors (Lipinski definition) is 2. The Bertz CT molecular complexity index is 653. The number of nitriles is 1. The molecular weight excluding hydrogens is 327 g/mol. The molecule has 0 radical (unpaired) electrons. The molecule has 0 amide bonds. The van der Waals surface area contributed by atoms with E-state index in [0.717, 1.165) is 22.3 Å². The molecular formula is C20H18ClN2Na. The topological polar surface area (TPSA) is 47.6 Å². The number of alkyl halides is 1. The second kappa shape index (κ2) is 16.1. The van der Waals surface area contributed by atoms with Gasteiger partial charge in [0.2, 0.25) is 0 Å². The SMILES string of the molecule is C=Cc1ccc(CC#N)cc1.C=Cc1ccc(CCl)cc1.[C-]#N.[Na+]. The Hall–Kier alpha value is -1.81. The molecule has 2 aromatic carbocycles. The molecule has 0 aliphatic heterocycles. The van der Waals surface area contributed by atoms with E-state index in [1.54, 1.807) is 6.08 Å². The molecule has 0 unspecified atom stereocenters. The third-order valence-corrected chi connectivity index (χ3v) is 3.18. The smallest absolute Gasteiger partial charge is 0.512 e. The fourth-order valence-electron chi connectivity index (χ4n) is 1.61. The van der Waals surface area contributed by atoms with Crippen LogP contribution in [0, 0.1) is 23.2 Å². The van der Waals surface area contributed by atoms with Gasteiger partial charge in [0.05, 0.1) is 12.5 Å². The quantitative estimate of drug-likeness (QED) is 0.486. The van der Waals surface area contributed by atoms with Crippen molar-refractivity contribution >= 4 is 23.8 Å². The largest absolute Gasteiger partial charge is 1.00 e. The van der Waals surface area contributed by atoms with E-state index in [-0.39, 0.29) is 29.6 Å². The standard InChI is InChI=1S/C10H9N.C9H9Cl.CN.Na/c1-2-9-3-5-10(6-4-9)7-8-11;1-2-8-3-5-9(7-10)6-4-8;1-2;/h2-6H,1,7H2;2-6H,1,7H2;;/q;;-1;+1. The van der Waals surface area contributed by atoms with Gasteiger partial charge in [-0.25, -0.2) is 0 Å². The first kappa shape index (κ1) is 24.4. The van der Waals surface area contributed by atoms with Crippen LogP contribution in [0.2, 0.25) is 0 Å². The zero-order chi connectivity index (χ0) is 17.5. The molecule has 2 rings (SSSR count). The number of nitrogens with zero attached hydrogens (tertiary/aromatic N) is 2. The van der Waals surface area contributed by atoms with E-state index in [4.69, 9.17) is 28.7 Å². The first-order valence-electron chi connectivity index (χ1n) is 6.81. The van der Waals surface area contributed by atoms with Crippen LogP contribution in [0.3, 0.4) is 0 Å². The fourth-order valence-corrected chi connectivity index (χ4v) is 1.78. The minimum Gasteiger partial charge on any atom is -0.512 e. The average Bonchev–Trinajstić information content (AvgIpc) is 2.65. The monoisotopic (exact) mass is 344 g/mol. The van der Waals surface area contributed by atoms with Crippen LogP contribution in [0.1, 0.15) is 22.3 Å². The van der Waals surface area contributed by atoms with Gasteiger partial charge < -0.3 is 11.8 Å². The Balaban J connectivity index is 0. The van der Waals surface area contributed by atoms with Gasteiger partial charge >= 0.3 is 29.6 Å². The molecule has 0 N–H and O–H groups in total.